The first-order valence-corrected chi connectivity index (χ1v) is 10.8. The van der Waals surface area contributed by atoms with Crippen molar-refractivity contribution in [2.24, 2.45) is 0 Å². The molecule has 1 heterocycles. The Morgan fingerprint density at radius 3 is 2.35 bits per heavy atom. The number of oxazole rings is 1. The summed E-state index contributed by atoms with van der Waals surface area (Å²) in [4.78, 5) is 4.59. The van der Waals surface area contributed by atoms with E-state index >= 15 is 0 Å². The lowest BCUT2D eigenvalue weighted by atomic mass is 10.2. The molecule has 26 heavy (non-hydrogen) atoms. The Kier molecular flexibility index (Phi) is 5.53. The van der Waals surface area contributed by atoms with Crippen LogP contribution in [0.5, 0.6) is 0 Å². The molecule has 0 bridgehead atoms. The van der Waals surface area contributed by atoms with Crippen LogP contribution in [0.1, 0.15) is 25.8 Å². The summed E-state index contributed by atoms with van der Waals surface area (Å²) in [6.07, 6.45) is 0.899. The molecule has 0 unspecified atom stereocenters. The van der Waals surface area contributed by atoms with Crippen molar-refractivity contribution < 1.29 is 12.8 Å². The van der Waals surface area contributed by atoms with Crippen LogP contribution in [0.3, 0.4) is 0 Å². The first-order chi connectivity index (χ1) is 12.4. The molecule has 6 heteroatoms. The van der Waals surface area contributed by atoms with Gasteiger partial charge in [0.2, 0.25) is 25.8 Å². The van der Waals surface area contributed by atoms with Gasteiger partial charge in [0.1, 0.15) is 0 Å². The number of sulfone groups is 1. The Morgan fingerprint density at radius 1 is 1.08 bits per heavy atom. The highest BCUT2D eigenvalue weighted by Crippen LogP contribution is 2.37. The summed E-state index contributed by atoms with van der Waals surface area (Å²) in [5.41, 5.74) is 1.76. The zero-order chi connectivity index (χ0) is 18.7. The number of hydrogen-bond acceptors (Lipinski definition) is 5. The second kappa shape index (κ2) is 7.68. The Hall–Kier alpha value is -2.05. The van der Waals surface area contributed by atoms with Crippen molar-refractivity contribution in [2.75, 3.05) is 0 Å². The van der Waals surface area contributed by atoms with Gasteiger partial charge < -0.3 is 4.42 Å². The van der Waals surface area contributed by atoms with Gasteiger partial charge in [-0.1, -0.05) is 61.5 Å². The molecular weight excluding hydrogens is 366 g/mol. The number of aromatic nitrogens is 1. The van der Waals surface area contributed by atoms with E-state index in [1.54, 1.807) is 24.3 Å². The van der Waals surface area contributed by atoms with Crippen LogP contribution in [0.4, 0.5) is 0 Å². The molecule has 0 fully saturated rings. The summed E-state index contributed by atoms with van der Waals surface area (Å²) in [5, 5.41) is 0.558. The summed E-state index contributed by atoms with van der Waals surface area (Å²) in [5.74, 6) is 0.321. The highest BCUT2D eigenvalue weighted by molar-refractivity contribution is 8.00. The van der Waals surface area contributed by atoms with E-state index in [0.717, 1.165) is 17.5 Å². The number of nitrogens with zero attached hydrogens (tertiary/aromatic N) is 1. The van der Waals surface area contributed by atoms with Crippen molar-refractivity contribution in [3.8, 4) is 11.5 Å². The third-order valence-electron chi connectivity index (χ3n) is 4.06. The molecule has 3 aromatic rings. The van der Waals surface area contributed by atoms with Gasteiger partial charge >= 0.3 is 0 Å². The zero-order valence-electron chi connectivity index (χ0n) is 15.0. The maximum absolute atomic E-state index is 13.1. The van der Waals surface area contributed by atoms with Gasteiger partial charge in [-0.15, -0.1) is 0 Å². The molecule has 0 aliphatic heterocycles. The zero-order valence-corrected chi connectivity index (χ0v) is 16.6. The lowest BCUT2D eigenvalue weighted by Crippen LogP contribution is -2.05. The average molecular weight is 388 g/mol. The van der Waals surface area contributed by atoms with Crippen molar-refractivity contribution in [1.82, 2.24) is 4.98 Å². The summed E-state index contributed by atoms with van der Waals surface area (Å²) in [6.45, 7) is 6.02. The van der Waals surface area contributed by atoms with Crippen molar-refractivity contribution in [1.29, 1.82) is 0 Å². The van der Waals surface area contributed by atoms with E-state index in [-0.39, 0.29) is 15.2 Å². The molecule has 0 amide bonds. The van der Waals surface area contributed by atoms with Crippen LogP contribution < -0.4 is 0 Å². The number of benzene rings is 2. The molecule has 0 saturated heterocycles. The smallest absolute Gasteiger partial charge is 0.228 e. The molecule has 4 nitrogen and oxygen atoms in total. The summed E-state index contributed by atoms with van der Waals surface area (Å²) in [7, 11) is -3.75. The van der Waals surface area contributed by atoms with E-state index in [4.69, 9.17) is 4.42 Å². The van der Waals surface area contributed by atoms with E-state index in [2.05, 4.69) is 11.9 Å². The monoisotopic (exact) mass is 387 g/mol. The topological polar surface area (TPSA) is 60.2 Å². The maximum atomic E-state index is 13.1. The number of thioether (sulfide) groups is 1. The lowest BCUT2D eigenvalue weighted by Gasteiger charge is -2.07. The predicted molar refractivity (Wildman–Crippen MR) is 104 cm³/mol. The Morgan fingerprint density at radius 2 is 1.73 bits per heavy atom. The quantitative estimate of drug-likeness (QED) is 0.532. The largest absolute Gasteiger partial charge is 0.428 e. The molecule has 0 aliphatic rings. The maximum Gasteiger partial charge on any atom is 0.228 e. The van der Waals surface area contributed by atoms with E-state index in [1.807, 2.05) is 44.2 Å². The molecule has 136 valence electrons. The van der Waals surface area contributed by atoms with Gasteiger partial charge in [-0.3, -0.25) is 0 Å². The van der Waals surface area contributed by atoms with E-state index in [0.29, 0.717) is 11.0 Å². The molecule has 1 aromatic heterocycles. The van der Waals surface area contributed by atoms with Gasteiger partial charge in [0.25, 0.3) is 0 Å². The van der Waals surface area contributed by atoms with E-state index in [1.165, 1.54) is 11.8 Å². The molecule has 0 aliphatic carbocycles. The normalized spacial score (nSPS) is 12.9. The van der Waals surface area contributed by atoms with Gasteiger partial charge in [-0.05, 0) is 37.6 Å². The minimum atomic E-state index is -3.75. The fourth-order valence-corrected chi connectivity index (χ4v) is 4.80. The molecule has 0 saturated carbocycles. The number of aryl methyl sites for hydroxylation is 1. The molecule has 1 atom stereocenters. The van der Waals surface area contributed by atoms with Gasteiger partial charge in [0, 0.05) is 10.8 Å². The van der Waals surface area contributed by atoms with Crippen LogP contribution in [0, 0.1) is 6.92 Å². The van der Waals surface area contributed by atoms with Gasteiger partial charge in [-0.2, -0.15) is 4.98 Å². The predicted octanol–water partition coefficient (Wildman–Crippen LogP) is 5.37. The van der Waals surface area contributed by atoms with Crippen LogP contribution >= 0.6 is 11.8 Å². The molecule has 0 radical (unpaired) electrons. The SMILES string of the molecule is CC[C@@H](C)Sc1oc(-c2ccccc2)nc1S(=O)(=O)c1ccc(C)cc1. The molecule has 2 aromatic carbocycles. The second-order valence-corrected chi connectivity index (χ2v) is 9.41. The van der Waals surface area contributed by atoms with Crippen LogP contribution in [0.2, 0.25) is 0 Å². The van der Waals surface area contributed by atoms with Crippen molar-refractivity contribution in [2.45, 2.75) is 47.5 Å². The van der Waals surface area contributed by atoms with Gasteiger partial charge in [0.15, 0.2) is 0 Å². The fourth-order valence-electron chi connectivity index (χ4n) is 2.34. The van der Waals surface area contributed by atoms with Crippen LogP contribution in [-0.4, -0.2) is 18.7 Å². The number of rotatable bonds is 6. The van der Waals surface area contributed by atoms with Crippen molar-refractivity contribution in [3.63, 3.8) is 0 Å². The van der Waals surface area contributed by atoms with Crippen molar-refractivity contribution in [3.05, 3.63) is 60.2 Å². The van der Waals surface area contributed by atoms with Gasteiger partial charge in [-0.25, -0.2) is 8.42 Å². The van der Waals surface area contributed by atoms with Gasteiger partial charge in [0.05, 0.1) is 4.90 Å². The Balaban J connectivity index is 2.12. The first kappa shape index (κ1) is 18.7. The van der Waals surface area contributed by atoms with Crippen LogP contribution in [0.15, 0.2) is 74.0 Å². The summed E-state index contributed by atoms with van der Waals surface area (Å²) >= 11 is 1.40. The number of hydrogen-bond donors (Lipinski definition) is 0. The van der Waals surface area contributed by atoms with Crippen LogP contribution in [0.25, 0.3) is 11.5 Å². The Labute approximate surface area is 158 Å². The van der Waals surface area contributed by atoms with E-state index in [9.17, 15) is 8.42 Å². The third kappa shape index (κ3) is 3.86. The van der Waals surface area contributed by atoms with Crippen LogP contribution in [-0.2, 0) is 9.84 Å². The third-order valence-corrected chi connectivity index (χ3v) is 7.09. The minimum Gasteiger partial charge on any atom is -0.428 e. The first-order valence-electron chi connectivity index (χ1n) is 8.46. The van der Waals surface area contributed by atoms with Crippen molar-refractivity contribution >= 4 is 21.6 Å². The molecule has 0 spiro atoms. The molecular formula is C20H21NO3S2. The second-order valence-electron chi connectivity index (χ2n) is 6.13. The molecule has 0 N–H and O–H groups in total. The Bertz CT molecular complexity index is 978. The summed E-state index contributed by atoms with van der Waals surface area (Å²) < 4.78 is 32.2. The highest BCUT2D eigenvalue weighted by atomic mass is 32.2. The highest BCUT2D eigenvalue weighted by Gasteiger charge is 2.29. The minimum absolute atomic E-state index is 0.00879. The summed E-state index contributed by atoms with van der Waals surface area (Å²) in [6, 6.07) is 16.1. The average Bonchev–Trinajstić information content (AvgIpc) is 3.07. The standard InChI is InChI=1S/C20H21NO3S2/c1-4-15(3)25-20-19(21-18(24-20)16-8-6-5-7-9-16)26(22,23)17-12-10-14(2)11-13-17/h5-13,15H,4H2,1-3H3/t15-/m1/s1. The lowest BCUT2D eigenvalue weighted by molar-refractivity contribution is 0.469. The molecule has 3 rings (SSSR count). The fraction of sp³-hybridized carbons (Fsp3) is 0.250. The van der Waals surface area contributed by atoms with E-state index < -0.39 is 9.84 Å².